The van der Waals surface area contributed by atoms with E-state index in [2.05, 4.69) is 20.7 Å². The number of nitrogens with one attached hydrogen (secondary N) is 1. The van der Waals surface area contributed by atoms with E-state index in [1.807, 2.05) is 0 Å². The molecule has 1 aromatic rings. The van der Waals surface area contributed by atoms with E-state index in [0.29, 0.717) is 12.8 Å². The van der Waals surface area contributed by atoms with Crippen molar-refractivity contribution < 1.29 is 18.3 Å². The van der Waals surface area contributed by atoms with Crippen molar-refractivity contribution in [3.63, 3.8) is 0 Å². The van der Waals surface area contributed by atoms with E-state index in [1.54, 1.807) is 19.9 Å². The van der Waals surface area contributed by atoms with E-state index in [1.165, 1.54) is 11.3 Å². The first-order valence-electron chi connectivity index (χ1n) is 5.72. The molecule has 1 heterocycles. The summed E-state index contributed by atoms with van der Waals surface area (Å²) in [5, 5.41) is 8.53. The number of thiophene rings is 1. The van der Waals surface area contributed by atoms with Crippen molar-refractivity contribution in [2.75, 3.05) is 0 Å². The van der Waals surface area contributed by atoms with Gasteiger partial charge in [0, 0.05) is 17.3 Å². The highest BCUT2D eigenvalue weighted by Gasteiger charge is 2.21. The van der Waals surface area contributed by atoms with E-state index >= 15 is 0 Å². The van der Waals surface area contributed by atoms with Gasteiger partial charge in [-0.05, 0) is 48.7 Å². The monoisotopic (exact) mass is 369 g/mol. The number of carbonyl (C=O) groups is 1. The van der Waals surface area contributed by atoms with Crippen LogP contribution in [0.15, 0.2) is 14.7 Å². The smallest absolute Gasteiger partial charge is 0.303 e. The number of sulfonamides is 1. The van der Waals surface area contributed by atoms with Gasteiger partial charge in [0.1, 0.15) is 0 Å². The maximum atomic E-state index is 12.1. The summed E-state index contributed by atoms with van der Waals surface area (Å²) >= 11 is 4.63. The first-order valence-corrected chi connectivity index (χ1v) is 8.81. The molecule has 1 aromatic heterocycles. The van der Waals surface area contributed by atoms with E-state index in [-0.39, 0.29) is 17.4 Å². The van der Waals surface area contributed by atoms with Crippen LogP contribution in [0.3, 0.4) is 0 Å². The zero-order valence-corrected chi connectivity index (χ0v) is 13.9. The fourth-order valence-corrected chi connectivity index (χ4v) is 5.34. The summed E-state index contributed by atoms with van der Waals surface area (Å²) < 4.78 is 27.6. The highest BCUT2D eigenvalue weighted by atomic mass is 79.9. The summed E-state index contributed by atoms with van der Waals surface area (Å²) in [4.78, 5) is 11.4. The van der Waals surface area contributed by atoms with Crippen LogP contribution in [-0.2, 0) is 14.8 Å². The second kappa shape index (κ2) is 6.83. The SMILES string of the molecule is Cc1sc(Br)cc1S(=O)(=O)NC(C)CCCC(=O)O. The zero-order chi connectivity index (χ0) is 14.6. The molecule has 0 fully saturated rings. The zero-order valence-electron chi connectivity index (χ0n) is 10.6. The van der Waals surface area contributed by atoms with Crippen LogP contribution in [-0.4, -0.2) is 25.5 Å². The van der Waals surface area contributed by atoms with E-state index in [0.717, 1.165) is 8.66 Å². The van der Waals surface area contributed by atoms with Crippen molar-refractivity contribution in [2.45, 2.75) is 44.0 Å². The minimum Gasteiger partial charge on any atom is -0.481 e. The molecule has 0 bridgehead atoms. The second-order valence-corrected chi connectivity index (χ2v) is 8.60. The summed E-state index contributed by atoms with van der Waals surface area (Å²) in [5.41, 5.74) is 0. The molecule has 5 nitrogen and oxygen atoms in total. The van der Waals surface area contributed by atoms with Crippen molar-refractivity contribution in [1.82, 2.24) is 4.72 Å². The number of carboxylic acid groups (broad SMARTS) is 1. The van der Waals surface area contributed by atoms with Crippen molar-refractivity contribution in [3.8, 4) is 0 Å². The van der Waals surface area contributed by atoms with Crippen molar-refractivity contribution in [2.24, 2.45) is 0 Å². The molecule has 0 aliphatic carbocycles. The minimum atomic E-state index is -3.54. The minimum absolute atomic E-state index is 0.0507. The Bertz CT molecular complexity index is 553. The largest absolute Gasteiger partial charge is 0.481 e. The Kier molecular flexibility index (Phi) is 5.97. The van der Waals surface area contributed by atoms with Crippen LogP contribution in [0.2, 0.25) is 0 Å². The molecule has 1 rings (SSSR count). The van der Waals surface area contributed by atoms with Crippen LogP contribution < -0.4 is 4.72 Å². The quantitative estimate of drug-likeness (QED) is 0.773. The predicted molar refractivity (Wildman–Crippen MR) is 78.0 cm³/mol. The Morgan fingerprint density at radius 3 is 2.68 bits per heavy atom. The third kappa shape index (κ3) is 5.21. The van der Waals surface area contributed by atoms with Crippen molar-refractivity contribution >= 4 is 43.3 Å². The third-order valence-corrected chi connectivity index (χ3v) is 5.91. The van der Waals surface area contributed by atoms with Gasteiger partial charge >= 0.3 is 5.97 Å². The van der Waals surface area contributed by atoms with E-state index < -0.39 is 16.0 Å². The maximum Gasteiger partial charge on any atom is 0.303 e. The van der Waals surface area contributed by atoms with Gasteiger partial charge in [-0.1, -0.05) is 0 Å². The topological polar surface area (TPSA) is 83.5 Å². The van der Waals surface area contributed by atoms with Gasteiger partial charge < -0.3 is 5.11 Å². The average molecular weight is 370 g/mol. The second-order valence-electron chi connectivity index (χ2n) is 4.28. The molecule has 19 heavy (non-hydrogen) atoms. The average Bonchev–Trinajstić information content (AvgIpc) is 2.57. The van der Waals surface area contributed by atoms with E-state index in [4.69, 9.17) is 5.11 Å². The number of aliphatic carboxylic acids is 1. The van der Waals surface area contributed by atoms with Gasteiger partial charge in [-0.3, -0.25) is 4.79 Å². The Balaban J connectivity index is 2.64. The maximum absolute atomic E-state index is 12.1. The third-order valence-electron chi connectivity index (χ3n) is 2.52. The Morgan fingerprint density at radius 2 is 2.21 bits per heavy atom. The number of hydrogen-bond acceptors (Lipinski definition) is 4. The first kappa shape index (κ1) is 16.6. The summed E-state index contributed by atoms with van der Waals surface area (Å²) in [5.74, 6) is -0.868. The highest BCUT2D eigenvalue weighted by Crippen LogP contribution is 2.29. The molecule has 108 valence electrons. The van der Waals surface area contributed by atoms with Gasteiger partial charge in [0.25, 0.3) is 0 Å². The molecule has 0 aliphatic rings. The number of aryl methyl sites for hydroxylation is 1. The summed E-state index contributed by atoms with van der Waals surface area (Å²) in [7, 11) is -3.54. The molecule has 0 aromatic carbocycles. The number of hydrogen-bond donors (Lipinski definition) is 2. The lowest BCUT2D eigenvalue weighted by molar-refractivity contribution is -0.137. The number of carboxylic acids is 1. The van der Waals surface area contributed by atoms with Gasteiger partial charge in [-0.2, -0.15) is 0 Å². The molecule has 0 saturated heterocycles. The molecule has 1 unspecified atom stereocenters. The summed E-state index contributed by atoms with van der Waals surface area (Å²) in [6.07, 6.45) is 0.996. The highest BCUT2D eigenvalue weighted by molar-refractivity contribution is 9.11. The predicted octanol–water partition coefficient (Wildman–Crippen LogP) is 2.74. The number of rotatable bonds is 7. The van der Waals surface area contributed by atoms with Gasteiger partial charge in [-0.25, -0.2) is 13.1 Å². The molecule has 8 heteroatoms. The Morgan fingerprint density at radius 1 is 1.58 bits per heavy atom. The summed E-state index contributed by atoms with van der Waals surface area (Å²) in [6.45, 7) is 3.48. The lowest BCUT2D eigenvalue weighted by Gasteiger charge is -2.13. The molecule has 0 spiro atoms. The Hall–Kier alpha value is -0.440. The number of halogens is 1. The molecule has 0 saturated carbocycles. The van der Waals surface area contributed by atoms with Crippen molar-refractivity contribution in [1.29, 1.82) is 0 Å². The van der Waals surface area contributed by atoms with Crippen LogP contribution >= 0.6 is 27.3 Å². The standard InChI is InChI=1S/C11H16BrNO4S2/c1-7(4-3-5-11(14)15)13-19(16,17)9-6-10(12)18-8(9)2/h6-7,13H,3-5H2,1-2H3,(H,14,15). The Labute approximate surface area is 125 Å². The van der Waals surface area contributed by atoms with Gasteiger partial charge in [-0.15, -0.1) is 11.3 Å². The summed E-state index contributed by atoms with van der Waals surface area (Å²) in [6, 6.07) is 1.29. The van der Waals surface area contributed by atoms with Crippen LogP contribution in [0.4, 0.5) is 0 Å². The van der Waals surface area contributed by atoms with Gasteiger partial charge in [0.05, 0.1) is 8.68 Å². The molecular weight excluding hydrogens is 354 g/mol. The molecule has 0 aliphatic heterocycles. The molecule has 1 atom stereocenters. The van der Waals surface area contributed by atoms with Crippen molar-refractivity contribution in [3.05, 3.63) is 14.7 Å². The normalized spacial score (nSPS) is 13.4. The first-order chi connectivity index (χ1) is 8.72. The van der Waals surface area contributed by atoms with Gasteiger partial charge in [0.15, 0.2) is 0 Å². The van der Waals surface area contributed by atoms with E-state index in [9.17, 15) is 13.2 Å². The lowest BCUT2D eigenvalue weighted by Crippen LogP contribution is -2.32. The molecule has 0 radical (unpaired) electrons. The lowest BCUT2D eigenvalue weighted by atomic mass is 10.1. The molecule has 0 amide bonds. The van der Waals surface area contributed by atoms with Gasteiger partial charge in [0.2, 0.25) is 10.0 Å². The van der Waals surface area contributed by atoms with Crippen LogP contribution in [0.25, 0.3) is 0 Å². The van der Waals surface area contributed by atoms with Crippen LogP contribution in [0.1, 0.15) is 31.1 Å². The molecular formula is C11H16BrNO4S2. The fraction of sp³-hybridized carbons (Fsp3) is 0.545. The van der Waals surface area contributed by atoms with Crippen LogP contribution in [0.5, 0.6) is 0 Å². The van der Waals surface area contributed by atoms with Crippen LogP contribution in [0, 0.1) is 6.92 Å². The molecule has 2 N–H and O–H groups in total. The fourth-order valence-electron chi connectivity index (χ4n) is 1.64.